The lowest BCUT2D eigenvalue weighted by Gasteiger charge is -2.30. The number of amides is 1. The summed E-state index contributed by atoms with van der Waals surface area (Å²) in [7, 11) is 0. The molecular formula is C16H15ClFN5O2. The van der Waals surface area contributed by atoms with Gasteiger partial charge in [0.1, 0.15) is 16.7 Å². The van der Waals surface area contributed by atoms with Crippen molar-refractivity contribution in [2.24, 2.45) is 10.7 Å². The fraction of sp³-hybridized carbons (Fsp3) is 0.250. The van der Waals surface area contributed by atoms with Crippen LogP contribution in [0.3, 0.4) is 0 Å². The van der Waals surface area contributed by atoms with E-state index in [2.05, 4.69) is 20.3 Å². The summed E-state index contributed by atoms with van der Waals surface area (Å²) in [6, 6.07) is 4.26. The standard InChI is InChI=1S/C16H15ClFN5O2/c1-16(4-5-25-15(19)23-16)10-6-9(2-3-11(10)18)22-14(24)12-7-21-13(17)8-20-12/h2-3,6-8H,4-5H2,1H3,(H2,19,23)(H,22,24)/t16-/m0/s1. The second-order valence-electron chi connectivity index (χ2n) is 5.70. The number of benzene rings is 1. The summed E-state index contributed by atoms with van der Waals surface area (Å²) in [6.07, 6.45) is 2.99. The van der Waals surface area contributed by atoms with E-state index in [9.17, 15) is 9.18 Å². The van der Waals surface area contributed by atoms with E-state index in [1.54, 1.807) is 6.92 Å². The van der Waals surface area contributed by atoms with Gasteiger partial charge in [0.25, 0.3) is 11.9 Å². The first-order chi connectivity index (χ1) is 11.9. The first-order valence-electron chi connectivity index (χ1n) is 7.44. The van der Waals surface area contributed by atoms with Gasteiger partial charge >= 0.3 is 0 Å². The number of nitrogens with zero attached hydrogens (tertiary/aromatic N) is 3. The third kappa shape index (κ3) is 3.69. The van der Waals surface area contributed by atoms with E-state index >= 15 is 0 Å². The predicted octanol–water partition coefficient (Wildman–Crippen LogP) is 2.47. The number of halogens is 2. The Hall–Kier alpha value is -2.74. The van der Waals surface area contributed by atoms with Crippen LogP contribution >= 0.6 is 11.6 Å². The Morgan fingerprint density at radius 1 is 1.40 bits per heavy atom. The predicted molar refractivity (Wildman–Crippen MR) is 90.9 cm³/mol. The van der Waals surface area contributed by atoms with Gasteiger partial charge < -0.3 is 15.8 Å². The van der Waals surface area contributed by atoms with Crippen LogP contribution < -0.4 is 11.1 Å². The zero-order valence-electron chi connectivity index (χ0n) is 13.3. The van der Waals surface area contributed by atoms with Gasteiger partial charge in [-0.25, -0.2) is 19.4 Å². The number of aromatic nitrogens is 2. The lowest BCUT2D eigenvalue weighted by molar-refractivity contribution is 0.102. The van der Waals surface area contributed by atoms with Gasteiger partial charge in [-0.15, -0.1) is 0 Å². The molecule has 2 aromatic rings. The highest BCUT2D eigenvalue weighted by Gasteiger charge is 2.33. The molecule has 7 nitrogen and oxygen atoms in total. The minimum Gasteiger partial charge on any atom is -0.465 e. The van der Waals surface area contributed by atoms with E-state index in [-0.39, 0.29) is 16.9 Å². The van der Waals surface area contributed by atoms with Crippen LogP contribution in [0, 0.1) is 5.82 Å². The summed E-state index contributed by atoms with van der Waals surface area (Å²) in [4.78, 5) is 24.1. The summed E-state index contributed by atoms with van der Waals surface area (Å²) >= 11 is 5.65. The van der Waals surface area contributed by atoms with Gasteiger partial charge in [0, 0.05) is 17.7 Å². The molecule has 1 atom stereocenters. The number of amidine groups is 1. The number of ether oxygens (including phenoxy) is 1. The Balaban J connectivity index is 1.88. The number of carbonyl (C=O) groups excluding carboxylic acids is 1. The molecule has 1 aliphatic rings. The molecule has 25 heavy (non-hydrogen) atoms. The summed E-state index contributed by atoms with van der Waals surface area (Å²) in [6.45, 7) is 2.10. The Morgan fingerprint density at radius 2 is 2.20 bits per heavy atom. The van der Waals surface area contributed by atoms with Crippen LogP contribution in [0.25, 0.3) is 0 Å². The van der Waals surface area contributed by atoms with E-state index in [4.69, 9.17) is 22.1 Å². The van der Waals surface area contributed by atoms with Crippen LogP contribution in [0.5, 0.6) is 0 Å². The first-order valence-corrected chi connectivity index (χ1v) is 7.82. The summed E-state index contributed by atoms with van der Waals surface area (Å²) in [5, 5.41) is 2.83. The third-order valence-electron chi connectivity index (χ3n) is 3.85. The number of nitrogens with one attached hydrogen (secondary N) is 1. The van der Waals surface area contributed by atoms with E-state index in [1.807, 2.05) is 0 Å². The van der Waals surface area contributed by atoms with Crippen molar-refractivity contribution in [1.29, 1.82) is 0 Å². The van der Waals surface area contributed by atoms with Gasteiger partial charge in [0.15, 0.2) is 0 Å². The molecule has 1 aromatic heterocycles. The second-order valence-corrected chi connectivity index (χ2v) is 6.08. The highest BCUT2D eigenvalue weighted by Crippen LogP contribution is 2.35. The molecule has 0 fully saturated rings. The van der Waals surface area contributed by atoms with Gasteiger partial charge in [-0.05, 0) is 25.1 Å². The molecule has 0 unspecified atom stereocenters. The van der Waals surface area contributed by atoms with Crippen LogP contribution in [0.15, 0.2) is 35.6 Å². The molecular weight excluding hydrogens is 349 g/mol. The smallest absolute Gasteiger partial charge is 0.282 e. The van der Waals surface area contributed by atoms with Gasteiger partial charge in [0.2, 0.25) is 0 Å². The Kier molecular flexibility index (Phi) is 4.54. The minimum absolute atomic E-state index is 0.0130. The topological polar surface area (TPSA) is 102 Å². The molecule has 0 saturated heterocycles. The van der Waals surface area contributed by atoms with Crippen LogP contribution in [0.1, 0.15) is 29.4 Å². The Labute approximate surface area is 148 Å². The normalized spacial score (nSPS) is 19.7. The van der Waals surface area contributed by atoms with Crippen molar-refractivity contribution in [3.63, 3.8) is 0 Å². The summed E-state index contributed by atoms with van der Waals surface area (Å²) in [5.41, 5.74) is 5.56. The molecule has 0 spiro atoms. The van der Waals surface area contributed by atoms with E-state index in [0.717, 1.165) is 0 Å². The number of nitrogens with two attached hydrogens (primary N) is 1. The van der Waals surface area contributed by atoms with Gasteiger partial charge in [-0.3, -0.25) is 4.79 Å². The third-order valence-corrected chi connectivity index (χ3v) is 4.05. The molecule has 0 bridgehead atoms. The van der Waals surface area contributed by atoms with Gasteiger partial charge in [0.05, 0.1) is 24.5 Å². The zero-order chi connectivity index (χ0) is 18.0. The molecule has 1 amide bonds. The lowest BCUT2D eigenvalue weighted by atomic mass is 9.88. The van der Waals surface area contributed by atoms with Gasteiger partial charge in [-0.1, -0.05) is 11.6 Å². The molecule has 0 radical (unpaired) electrons. The molecule has 0 aliphatic carbocycles. The van der Waals surface area contributed by atoms with E-state index in [0.29, 0.717) is 24.3 Å². The molecule has 9 heteroatoms. The van der Waals surface area contributed by atoms with Crippen molar-refractivity contribution in [3.8, 4) is 0 Å². The monoisotopic (exact) mass is 363 g/mol. The average Bonchev–Trinajstić information content (AvgIpc) is 2.57. The molecule has 3 N–H and O–H groups in total. The number of carbonyl (C=O) groups is 1. The van der Waals surface area contributed by atoms with E-state index < -0.39 is 17.3 Å². The highest BCUT2D eigenvalue weighted by molar-refractivity contribution is 6.29. The van der Waals surface area contributed by atoms with Crippen molar-refractivity contribution >= 4 is 29.2 Å². The minimum atomic E-state index is -0.868. The Morgan fingerprint density at radius 3 is 2.88 bits per heavy atom. The molecule has 2 heterocycles. The molecule has 1 aliphatic heterocycles. The number of anilines is 1. The van der Waals surface area contributed by atoms with Crippen LogP contribution in [0.2, 0.25) is 5.15 Å². The highest BCUT2D eigenvalue weighted by atomic mass is 35.5. The molecule has 130 valence electrons. The number of aliphatic imine (C=N–C) groups is 1. The van der Waals surface area contributed by atoms with Crippen LogP contribution in [-0.2, 0) is 10.3 Å². The maximum absolute atomic E-state index is 14.3. The van der Waals surface area contributed by atoms with Crippen LogP contribution in [-0.4, -0.2) is 28.5 Å². The Bertz CT molecular complexity index is 843. The quantitative estimate of drug-likeness (QED) is 0.872. The maximum Gasteiger partial charge on any atom is 0.282 e. The molecule has 3 rings (SSSR count). The van der Waals surface area contributed by atoms with Crippen molar-refractivity contribution in [1.82, 2.24) is 9.97 Å². The average molecular weight is 364 g/mol. The fourth-order valence-electron chi connectivity index (χ4n) is 2.52. The molecule has 1 aromatic carbocycles. The number of rotatable bonds is 3. The summed E-state index contributed by atoms with van der Waals surface area (Å²) in [5.74, 6) is -0.924. The number of hydrogen-bond acceptors (Lipinski definition) is 6. The molecule has 0 saturated carbocycles. The van der Waals surface area contributed by atoms with Crippen molar-refractivity contribution in [2.45, 2.75) is 18.9 Å². The van der Waals surface area contributed by atoms with E-state index in [1.165, 1.54) is 30.6 Å². The van der Waals surface area contributed by atoms with Gasteiger partial charge in [-0.2, -0.15) is 0 Å². The zero-order valence-corrected chi connectivity index (χ0v) is 14.0. The van der Waals surface area contributed by atoms with Crippen molar-refractivity contribution in [3.05, 3.63) is 52.8 Å². The SMILES string of the molecule is C[C@@]1(c2cc(NC(=O)c3cnc(Cl)cn3)ccc2F)CCOC(N)=N1. The van der Waals surface area contributed by atoms with Crippen molar-refractivity contribution < 1.29 is 13.9 Å². The fourth-order valence-corrected chi connectivity index (χ4v) is 2.62. The maximum atomic E-state index is 14.3. The first kappa shape index (κ1) is 17.1. The largest absolute Gasteiger partial charge is 0.465 e. The van der Waals surface area contributed by atoms with Crippen molar-refractivity contribution in [2.75, 3.05) is 11.9 Å². The number of hydrogen-bond donors (Lipinski definition) is 2. The lowest BCUT2D eigenvalue weighted by Crippen LogP contribution is -2.34. The second kappa shape index (κ2) is 6.64. The van der Waals surface area contributed by atoms with Crippen LogP contribution in [0.4, 0.5) is 10.1 Å². The summed E-state index contributed by atoms with van der Waals surface area (Å²) < 4.78 is 19.4.